The van der Waals surface area contributed by atoms with Gasteiger partial charge in [-0.05, 0) is 37.5 Å². The van der Waals surface area contributed by atoms with Gasteiger partial charge in [-0.3, -0.25) is 0 Å². The van der Waals surface area contributed by atoms with Crippen molar-refractivity contribution in [3.05, 3.63) is 29.3 Å². The van der Waals surface area contributed by atoms with E-state index >= 15 is 0 Å². The van der Waals surface area contributed by atoms with Crippen LogP contribution < -0.4 is 5.73 Å². The Morgan fingerprint density at radius 1 is 1.24 bits per heavy atom. The number of benzene rings is 1. The van der Waals surface area contributed by atoms with Gasteiger partial charge in [-0.15, -0.1) is 11.8 Å². The molecule has 0 aliphatic rings. The monoisotopic (exact) mass is 259 g/mol. The summed E-state index contributed by atoms with van der Waals surface area (Å²) in [5.74, 6) is -0.961. The van der Waals surface area contributed by atoms with Crippen molar-refractivity contribution < 1.29 is 8.78 Å². The molecule has 0 aliphatic carbocycles. The van der Waals surface area contributed by atoms with Crippen molar-refractivity contribution in [2.24, 2.45) is 5.73 Å². The largest absolute Gasteiger partial charge is 0.328 e. The minimum atomic E-state index is -0.481. The molecular weight excluding hydrogens is 240 g/mol. The first-order valence-corrected chi connectivity index (χ1v) is 6.72. The van der Waals surface area contributed by atoms with Crippen LogP contribution in [0.5, 0.6) is 0 Å². The summed E-state index contributed by atoms with van der Waals surface area (Å²) in [6.45, 7) is 5.77. The average Bonchev–Trinajstić information content (AvgIpc) is 2.22. The summed E-state index contributed by atoms with van der Waals surface area (Å²) in [4.78, 5) is 0.118. The van der Waals surface area contributed by atoms with Gasteiger partial charge in [0.05, 0.1) is 4.90 Å². The lowest BCUT2D eigenvalue weighted by molar-refractivity contribution is 0.535. The van der Waals surface area contributed by atoms with Gasteiger partial charge in [0, 0.05) is 11.3 Å². The van der Waals surface area contributed by atoms with Gasteiger partial charge in [0.25, 0.3) is 0 Å². The van der Waals surface area contributed by atoms with Crippen LogP contribution >= 0.6 is 11.8 Å². The van der Waals surface area contributed by atoms with Crippen molar-refractivity contribution in [2.75, 3.05) is 0 Å². The third kappa shape index (κ3) is 4.28. The Balaban J connectivity index is 2.94. The Morgan fingerprint density at radius 2 is 1.76 bits per heavy atom. The molecule has 0 saturated heterocycles. The zero-order valence-electron chi connectivity index (χ0n) is 10.5. The average molecular weight is 259 g/mol. The van der Waals surface area contributed by atoms with Gasteiger partial charge in [0.1, 0.15) is 11.6 Å². The van der Waals surface area contributed by atoms with E-state index in [2.05, 4.69) is 0 Å². The van der Waals surface area contributed by atoms with Crippen molar-refractivity contribution in [3.8, 4) is 0 Å². The molecule has 0 bridgehead atoms. The summed E-state index contributed by atoms with van der Waals surface area (Å²) in [7, 11) is 0. The molecule has 1 aromatic rings. The normalized spacial score (nSPS) is 14.7. The molecule has 4 heteroatoms. The molecule has 0 radical (unpaired) electrons. The molecule has 2 atom stereocenters. The minimum absolute atomic E-state index is 0.0955. The van der Waals surface area contributed by atoms with Crippen LogP contribution in [0.3, 0.4) is 0 Å². The van der Waals surface area contributed by atoms with Crippen molar-refractivity contribution in [1.82, 2.24) is 0 Å². The Bertz CT molecular complexity index is 357. The van der Waals surface area contributed by atoms with Crippen molar-refractivity contribution in [1.29, 1.82) is 0 Å². The van der Waals surface area contributed by atoms with Crippen LogP contribution in [0.4, 0.5) is 8.78 Å². The van der Waals surface area contributed by atoms with Crippen LogP contribution in [0.1, 0.15) is 32.8 Å². The van der Waals surface area contributed by atoms with Gasteiger partial charge in [-0.2, -0.15) is 0 Å². The summed E-state index contributed by atoms with van der Waals surface area (Å²) in [6.07, 6.45) is 1.37. The second-order valence-corrected chi connectivity index (χ2v) is 5.86. The molecule has 0 amide bonds. The third-order valence-corrected chi connectivity index (χ3v) is 3.87. The molecule has 0 spiro atoms. The van der Waals surface area contributed by atoms with Crippen LogP contribution in [0.25, 0.3) is 0 Å². The zero-order chi connectivity index (χ0) is 13.0. The molecule has 0 fully saturated rings. The van der Waals surface area contributed by atoms with Crippen LogP contribution in [-0.2, 0) is 6.42 Å². The van der Waals surface area contributed by atoms with Crippen LogP contribution in [0, 0.1) is 11.6 Å². The van der Waals surface area contributed by atoms with Gasteiger partial charge >= 0.3 is 0 Å². The van der Waals surface area contributed by atoms with E-state index in [9.17, 15) is 8.78 Å². The van der Waals surface area contributed by atoms with E-state index in [0.717, 1.165) is 6.42 Å². The fourth-order valence-corrected chi connectivity index (χ4v) is 2.41. The smallest absolute Gasteiger partial charge is 0.140 e. The molecule has 17 heavy (non-hydrogen) atoms. The highest BCUT2D eigenvalue weighted by molar-refractivity contribution is 8.00. The fourth-order valence-electron chi connectivity index (χ4n) is 1.50. The molecule has 0 heterocycles. The number of rotatable bonds is 5. The first kappa shape index (κ1) is 14.5. The number of halogens is 2. The summed E-state index contributed by atoms with van der Waals surface area (Å²) < 4.78 is 27.5. The standard InChI is InChI=1S/C13H19F2NS/c1-4-9(3)17-13-11(14)6-10(5-8(2)16)7-12(13)15/h6-9H,4-5,16H2,1-3H3. The molecule has 0 aliphatic heterocycles. The summed E-state index contributed by atoms with van der Waals surface area (Å²) in [6, 6.07) is 2.68. The van der Waals surface area contributed by atoms with Crippen LogP contribution in [0.2, 0.25) is 0 Å². The van der Waals surface area contributed by atoms with Gasteiger partial charge in [0.15, 0.2) is 0 Å². The molecule has 1 nitrogen and oxygen atoms in total. The van der Waals surface area contributed by atoms with E-state index in [4.69, 9.17) is 5.73 Å². The maximum absolute atomic E-state index is 13.8. The van der Waals surface area contributed by atoms with E-state index in [-0.39, 0.29) is 16.2 Å². The van der Waals surface area contributed by atoms with Crippen LogP contribution in [-0.4, -0.2) is 11.3 Å². The highest BCUT2D eigenvalue weighted by Gasteiger charge is 2.14. The van der Waals surface area contributed by atoms with Gasteiger partial charge in [-0.1, -0.05) is 13.8 Å². The van der Waals surface area contributed by atoms with Crippen molar-refractivity contribution >= 4 is 11.8 Å². The van der Waals surface area contributed by atoms with E-state index in [1.807, 2.05) is 20.8 Å². The number of hydrogen-bond acceptors (Lipinski definition) is 2. The molecule has 1 aromatic carbocycles. The second-order valence-electron chi connectivity index (χ2n) is 4.41. The minimum Gasteiger partial charge on any atom is -0.328 e. The number of thioether (sulfide) groups is 1. The Morgan fingerprint density at radius 3 is 2.18 bits per heavy atom. The highest BCUT2D eigenvalue weighted by atomic mass is 32.2. The van der Waals surface area contributed by atoms with E-state index in [1.54, 1.807) is 0 Å². The maximum Gasteiger partial charge on any atom is 0.140 e. The molecule has 96 valence electrons. The summed E-state index contributed by atoms with van der Waals surface area (Å²) in [5.41, 5.74) is 6.23. The van der Waals surface area contributed by atoms with Gasteiger partial charge in [-0.25, -0.2) is 8.78 Å². The zero-order valence-corrected chi connectivity index (χ0v) is 11.3. The Labute approximate surface area is 106 Å². The molecule has 2 N–H and O–H groups in total. The summed E-state index contributed by atoms with van der Waals surface area (Å²) >= 11 is 1.24. The maximum atomic E-state index is 13.8. The number of hydrogen-bond donors (Lipinski definition) is 1. The first-order valence-electron chi connectivity index (χ1n) is 5.84. The Kier molecular flexibility index (Phi) is 5.40. The fraction of sp³-hybridized carbons (Fsp3) is 0.538. The lowest BCUT2D eigenvalue weighted by atomic mass is 10.1. The topological polar surface area (TPSA) is 26.0 Å². The molecule has 0 saturated carbocycles. The predicted molar refractivity (Wildman–Crippen MR) is 69.3 cm³/mol. The second kappa shape index (κ2) is 6.36. The van der Waals surface area contributed by atoms with Crippen LogP contribution in [0.15, 0.2) is 17.0 Å². The SMILES string of the molecule is CCC(C)Sc1c(F)cc(CC(C)N)cc1F. The van der Waals surface area contributed by atoms with E-state index < -0.39 is 11.6 Å². The highest BCUT2D eigenvalue weighted by Crippen LogP contribution is 2.31. The van der Waals surface area contributed by atoms with Crippen molar-refractivity contribution in [2.45, 2.75) is 49.8 Å². The number of nitrogens with two attached hydrogens (primary N) is 1. The Hall–Kier alpha value is -0.610. The first-order chi connectivity index (χ1) is 7.93. The summed E-state index contributed by atoms with van der Waals surface area (Å²) in [5, 5.41) is 0.207. The van der Waals surface area contributed by atoms with E-state index in [1.165, 1.54) is 23.9 Å². The molecule has 2 unspecified atom stereocenters. The lowest BCUT2D eigenvalue weighted by Crippen LogP contribution is -2.18. The molecule has 1 rings (SSSR count). The van der Waals surface area contributed by atoms with Gasteiger partial charge < -0.3 is 5.73 Å². The molecule has 0 aromatic heterocycles. The van der Waals surface area contributed by atoms with Crippen molar-refractivity contribution in [3.63, 3.8) is 0 Å². The third-order valence-electron chi connectivity index (χ3n) is 2.51. The molecular formula is C13H19F2NS. The quantitative estimate of drug-likeness (QED) is 0.815. The predicted octanol–water partition coefficient (Wildman–Crippen LogP) is 3.75. The lowest BCUT2D eigenvalue weighted by Gasteiger charge is -2.12. The van der Waals surface area contributed by atoms with Gasteiger partial charge in [0.2, 0.25) is 0 Å². The van der Waals surface area contributed by atoms with E-state index in [0.29, 0.717) is 12.0 Å².